The molecule has 1 atom stereocenters. The van der Waals surface area contributed by atoms with E-state index in [1.165, 1.54) is 27.1 Å². The molecule has 1 heterocycles. The quantitative estimate of drug-likeness (QED) is 0.512. The van der Waals surface area contributed by atoms with Crippen LogP contribution in [0.3, 0.4) is 0 Å². The normalized spacial score (nSPS) is 18.0. The van der Waals surface area contributed by atoms with Crippen LogP contribution in [-0.4, -0.2) is 30.6 Å². The number of carbonyl (C=O) groups is 1. The van der Waals surface area contributed by atoms with Crippen LogP contribution in [0.15, 0.2) is 54.6 Å². The lowest BCUT2D eigenvalue weighted by Gasteiger charge is -2.25. The predicted molar refractivity (Wildman–Crippen MR) is 102 cm³/mol. The topological polar surface area (TPSA) is 29.5 Å². The first-order valence-electron chi connectivity index (χ1n) is 9.08. The molecule has 1 aliphatic rings. The number of rotatable bonds is 4. The Morgan fingerprint density at radius 2 is 1.80 bits per heavy atom. The van der Waals surface area contributed by atoms with Gasteiger partial charge in [-0.05, 0) is 59.5 Å². The number of nitrogens with zero attached hydrogens (tertiary/aromatic N) is 1. The van der Waals surface area contributed by atoms with E-state index in [-0.39, 0.29) is 12.0 Å². The van der Waals surface area contributed by atoms with E-state index < -0.39 is 0 Å². The van der Waals surface area contributed by atoms with Gasteiger partial charge >= 0.3 is 5.97 Å². The first-order chi connectivity index (χ1) is 12.3. The van der Waals surface area contributed by atoms with Crippen LogP contribution in [0.2, 0.25) is 0 Å². The zero-order chi connectivity index (χ0) is 17.2. The number of hydrogen-bond acceptors (Lipinski definition) is 3. The number of likely N-dealkylation sites (tertiary alicyclic amines) is 1. The monoisotopic (exact) mass is 333 g/mol. The fourth-order valence-electron chi connectivity index (χ4n) is 4.10. The molecule has 3 heteroatoms. The molecule has 0 aromatic heterocycles. The summed E-state index contributed by atoms with van der Waals surface area (Å²) in [4.78, 5) is 14.3. The van der Waals surface area contributed by atoms with Crippen LogP contribution in [0.5, 0.6) is 0 Å². The van der Waals surface area contributed by atoms with Crippen LogP contribution in [0.25, 0.3) is 21.5 Å². The highest BCUT2D eigenvalue weighted by atomic mass is 16.5. The lowest BCUT2D eigenvalue weighted by Crippen LogP contribution is -2.30. The second-order valence-corrected chi connectivity index (χ2v) is 6.67. The van der Waals surface area contributed by atoms with Crippen LogP contribution in [0.1, 0.15) is 31.4 Å². The molecular formula is C22H23NO2. The average molecular weight is 333 g/mol. The Balaban J connectivity index is 1.80. The molecule has 0 N–H and O–H groups in total. The van der Waals surface area contributed by atoms with Crippen LogP contribution < -0.4 is 0 Å². The smallest absolute Gasteiger partial charge is 0.320 e. The fourth-order valence-corrected chi connectivity index (χ4v) is 4.10. The van der Waals surface area contributed by atoms with Crippen LogP contribution in [0.4, 0.5) is 0 Å². The molecule has 1 unspecified atom stereocenters. The second-order valence-electron chi connectivity index (χ2n) is 6.67. The fraction of sp³-hybridized carbons (Fsp3) is 0.318. The van der Waals surface area contributed by atoms with Crippen molar-refractivity contribution < 1.29 is 9.53 Å². The Morgan fingerprint density at radius 1 is 1.08 bits per heavy atom. The molecule has 3 aromatic carbocycles. The molecule has 0 saturated carbocycles. The van der Waals surface area contributed by atoms with Crippen LogP contribution in [0, 0.1) is 0 Å². The van der Waals surface area contributed by atoms with E-state index in [0.717, 1.165) is 19.4 Å². The highest BCUT2D eigenvalue weighted by Crippen LogP contribution is 2.38. The lowest BCUT2D eigenvalue weighted by atomic mass is 9.92. The first kappa shape index (κ1) is 16.1. The van der Waals surface area contributed by atoms with Crippen LogP contribution >= 0.6 is 0 Å². The molecule has 0 spiro atoms. The standard InChI is InChI=1S/C22H23NO2/c1-2-25-22(24)15-23-13-7-12-21(23)20-14-16-8-3-4-9-17(16)18-10-5-6-11-19(18)20/h3-6,8-11,14,21H,2,7,12-13,15H2,1H3. The van der Waals surface area contributed by atoms with Crippen molar-refractivity contribution in [2.75, 3.05) is 19.7 Å². The number of benzene rings is 3. The zero-order valence-corrected chi connectivity index (χ0v) is 14.6. The molecule has 1 aliphatic heterocycles. The van der Waals surface area contributed by atoms with Crippen molar-refractivity contribution in [3.63, 3.8) is 0 Å². The van der Waals surface area contributed by atoms with E-state index in [1.807, 2.05) is 6.92 Å². The third-order valence-corrected chi connectivity index (χ3v) is 5.16. The third kappa shape index (κ3) is 3.00. The van der Waals surface area contributed by atoms with Gasteiger partial charge in [0.1, 0.15) is 0 Å². The average Bonchev–Trinajstić information content (AvgIpc) is 3.09. The summed E-state index contributed by atoms with van der Waals surface area (Å²) >= 11 is 0. The molecule has 0 bridgehead atoms. The summed E-state index contributed by atoms with van der Waals surface area (Å²) in [6.45, 7) is 3.62. The molecule has 4 rings (SSSR count). The molecule has 0 radical (unpaired) electrons. The minimum absolute atomic E-state index is 0.125. The summed E-state index contributed by atoms with van der Waals surface area (Å²) in [5, 5.41) is 5.14. The van der Waals surface area contributed by atoms with Crippen molar-refractivity contribution in [3.05, 3.63) is 60.2 Å². The maximum absolute atomic E-state index is 12.0. The van der Waals surface area contributed by atoms with Crippen molar-refractivity contribution in [2.45, 2.75) is 25.8 Å². The molecule has 0 aliphatic carbocycles. The lowest BCUT2D eigenvalue weighted by molar-refractivity contribution is -0.144. The highest BCUT2D eigenvalue weighted by Gasteiger charge is 2.29. The van der Waals surface area contributed by atoms with Gasteiger partial charge in [0.25, 0.3) is 0 Å². The summed E-state index contributed by atoms with van der Waals surface area (Å²) in [5.74, 6) is -0.125. The van der Waals surface area contributed by atoms with Gasteiger partial charge in [0, 0.05) is 6.04 Å². The van der Waals surface area contributed by atoms with E-state index in [4.69, 9.17) is 4.74 Å². The summed E-state index contributed by atoms with van der Waals surface area (Å²) in [6, 6.07) is 19.7. The number of fused-ring (bicyclic) bond motifs is 3. The van der Waals surface area contributed by atoms with Crippen molar-refractivity contribution in [1.29, 1.82) is 0 Å². The third-order valence-electron chi connectivity index (χ3n) is 5.16. The molecule has 128 valence electrons. The first-order valence-corrected chi connectivity index (χ1v) is 9.08. The Kier molecular flexibility index (Phi) is 4.41. The highest BCUT2D eigenvalue weighted by molar-refractivity contribution is 6.09. The van der Waals surface area contributed by atoms with Crippen molar-refractivity contribution >= 4 is 27.5 Å². The maximum Gasteiger partial charge on any atom is 0.320 e. The number of carbonyl (C=O) groups excluding carboxylic acids is 1. The zero-order valence-electron chi connectivity index (χ0n) is 14.6. The molecule has 3 nitrogen and oxygen atoms in total. The van der Waals surface area contributed by atoms with E-state index in [2.05, 4.69) is 59.5 Å². The summed E-state index contributed by atoms with van der Waals surface area (Å²) in [7, 11) is 0. The van der Waals surface area contributed by atoms with Gasteiger partial charge in [0.2, 0.25) is 0 Å². The Labute approximate surface area is 148 Å². The molecule has 1 saturated heterocycles. The maximum atomic E-state index is 12.0. The van der Waals surface area contributed by atoms with E-state index in [0.29, 0.717) is 13.2 Å². The van der Waals surface area contributed by atoms with Crippen molar-refractivity contribution in [2.24, 2.45) is 0 Å². The molecular weight excluding hydrogens is 310 g/mol. The van der Waals surface area contributed by atoms with E-state index in [1.54, 1.807) is 0 Å². The van der Waals surface area contributed by atoms with Crippen molar-refractivity contribution in [3.8, 4) is 0 Å². The van der Waals surface area contributed by atoms with Gasteiger partial charge in [-0.15, -0.1) is 0 Å². The van der Waals surface area contributed by atoms with E-state index in [9.17, 15) is 4.79 Å². The number of hydrogen-bond donors (Lipinski definition) is 0. The summed E-state index contributed by atoms with van der Waals surface area (Å²) in [5.41, 5.74) is 1.33. The summed E-state index contributed by atoms with van der Waals surface area (Å²) in [6.07, 6.45) is 2.20. The van der Waals surface area contributed by atoms with E-state index >= 15 is 0 Å². The van der Waals surface area contributed by atoms with Gasteiger partial charge in [0.15, 0.2) is 0 Å². The van der Waals surface area contributed by atoms with Gasteiger partial charge < -0.3 is 4.74 Å². The van der Waals surface area contributed by atoms with Gasteiger partial charge in [-0.3, -0.25) is 9.69 Å². The van der Waals surface area contributed by atoms with Gasteiger partial charge in [0.05, 0.1) is 13.2 Å². The molecule has 3 aromatic rings. The summed E-state index contributed by atoms with van der Waals surface area (Å²) < 4.78 is 5.17. The van der Waals surface area contributed by atoms with Gasteiger partial charge in [-0.2, -0.15) is 0 Å². The SMILES string of the molecule is CCOC(=O)CN1CCCC1c1cc2ccccc2c2ccccc12. The number of esters is 1. The minimum Gasteiger partial charge on any atom is -0.465 e. The Morgan fingerprint density at radius 3 is 2.60 bits per heavy atom. The second kappa shape index (κ2) is 6.85. The Hall–Kier alpha value is -2.39. The number of ether oxygens (including phenoxy) is 1. The van der Waals surface area contributed by atoms with Gasteiger partial charge in [-0.1, -0.05) is 48.5 Å². The Bertz CT molecular complexity index is 918. The van der Waals surface area contributed by atoms with Crippen LogP contribution in [-0.2, 0) is 9.53 Å². The molecule has 0 amide bonds. The predicted octanol–water partition coefficient (Wildman–Crippen LogP) is 4.69. The van der Waals surface area contributed by atoms with Gasteiger partial charge in [-0.25, -0.2) is 0 Å². The molecule has 25 heavy (non-hydrogen) atoms. The largest absolute Gasteiger partial charge is 0.465 e. The molecule has 1 fully saturated rings. The van der Waals surface area contributed by atoms with Crippen molar-refractivity contribution in [1.82, 2.24) is 4.90 Å². The minimum atomic E-state index is -0.125.